The molecule has 0 radical (unpaired) electrons. The van der Waals surface area contributed by atoms with Crippen LogP contribution in [0.4, 0.5) is 8.78 Å². The molecule has 0 fully saturated rings. The lowest BCUT2D eigenvalue weighted by atomic mass is 10.0. The third kappa shape index (κ3) is 4.45. The number of halogens is 2. The smallest absolute Gasteiger partial charge is 0.329 e. The van der Waals surface area contributed by atoms with Gasteiger partial charge in [0.1, 0.15) is 29.5 Å². The van der Waals surface area contributed by atoms with Crippen molar-refractivity contribution in [2.75, 3.05) is 13.7 Å². The van der Waals surface area contributed by atoms with E-state index in [4.69, 9.17) is 9.47 Å². The van der Waals surface area contributed by atoms with Crippen LogP contribution < -0.4 is 10.1 Å². The minimum atomic E-state index is -1.11. The highest BCUT2D eigenvalue weighted by atomic mass is 19.1. The number of rotatable bonds is 6. The van der Waals surface area contributed by atoms with Gasteiger partial charge in [0.05, 0.1) is 7.11 Å². The summed E-state index contributed by atoms with van der Waals surface area (Å²) < 4.78 is 36.1. The Hall–Kier alpha value is -1.69. The third-order valence-electron chi connectivity index (χ3n) is 2.61. The summed E-state index contributed by atoms with van der Waals surface area (Å²) in [6, 6.07) is 2.86. The minimum absolute atomic E-state index is 0.00643. The summed E-state index contributed by atoms with van der Waals surface area (Å²) >= 11 is 0. The van der Waals surface area contributed by atoms with Crippen molar-refractivity contribution < 1.29 is 23.0 Å². The van der Waals surface area contributed by atoms with Crippen LogP contribution >= 0.6 is 0 Å². The highest BCUT2D eigenvalue weighted by Gasteiger charge is 2.36. The van der Waals surface area contributed by atoms with E-state index in [1.165, 1.54) is 7.11 Å². The van der Waals surface area contributed by atoms with Gasteiger partial charge in [-0.15, -0.1) is 0 Å². The lowest BCUT2D eigenvalue weighted by Gasteiger charge is -2.30. The molecule has 0 heterocycles. The number of carbonyl (C=O) groups excluding carboxylic acids is 1. The number of ether oxygens (including phenoxy) is 2. The van der Waals surface area contributed by atoms with Crippen molar-refractivity contribution in [3.63, 3.8) is 0 Å². The molecule has 0 amide bonds. The van der Waals surface area contributed by atoms with Crippen molar-refractivity contribution in [2.45, 2.75) is 32.4 Å². The van der Waals surface area contributed by atoms with Gasteiger partial charge in [0.15, 0.2) is 0 Å². The lowest BCUT2D eigenvalue weighted by Crippen LogP contribution is -2.56. The lowest BCUT2D eigenvalue weighted by molar-refractivity contribution is -0.149. The second-order valence-corrected chi connectivity index (χ2v) is 5.02. The van der Waals surface area contributed by atoms with Crippen molar-refractivity contribution in [3.05, 3.63) is 29.8 Å². The maximum atomic E-state index is 13.1. The maximum Gasteiger partial charge on any atom is 0.329 e. The summed E-state index contributed by atoms with van der Waals surface area (Å²) in [6.07, 6.45) is 0. The van der Waals surface area contributed by atoms with Gasteiger partial charge in [0, 0.05) is 24.2 Å². The molecule has 1 aromatic rings. The van der Waals surface area contributed by atoms with Gasteiger partial charge in [-0.05, 0) is 20.8 Å². The monoisotopic (exact) mass is 287 g/mol. The summed E-state index contributed by atoms with van der Waals surface area (Å²) in [5.41, 5.74) is -1.11. The van der Waals surface area contributed by atoms with Gasteiger partial charge in [-0.25, -0.2) is 13.6 Å². The standard InChI is InChI=1S/C14H19F2NO3/c1-9(2)17-14(3,13(18)19-4)8-20-12-6-10(15)5-11(16)7-12/h5-7,9,17H,8H2,1-4H3. The summed E-state index contributed by atoms with van der Waals surface area (Å²) in [7, 11) is 1.27. The van der Waals surface area contributed by atoms with Gasteiger partial charge in [-0.2, -0.15) is 0 Å². The van der Waals surface area contributed by atoms with Crippen molar-refractivity contribution in [1.82, 2.24) is 5.32 Å². The van der Waals surface area contributed by atoms with Crippen LogP contribution in [0.5, 0.6) is 5.75 Å². The van der Waals surface area contributed by atoms with Crippen LogP contribution in [-0.2, 0) is 9.53 Å². The predicted octanol–water partition coefficient (Wildman–Crippen LogP) is 2.27. The molecule has 20 heavy (non-hydrogen) atoms. The van der Waals surface area contributed by atoms with Gasteiger partial charge in [0.25, 0.3) is 0 Å². The first-order valence-corrected chi connectivity index (χ1v) is 6.22. The van der Waals surface area contributed by atoms with Gasteiger partial charge < -0.3 is 9.47 Å². The maximum absolute atomic E-state index is 13.1. The fourth-order valence-electron chi connectivity index (χ4n) is 1.86. The molecule has 0 bridgehead atoms. The first-order valence-electron chi connectivity index (χ1n) is 6.22. The van der Waals surface area contributed by atoms with E-state index in [1.807, 2.05) is 13.8 Å². The number of carbonyl (C=O) groups is 1. The van der Waals surface area contributed by atoms with Crippen LogP contribution in [0.25, 0.3) is 0 Å². The van der Waals surface area contributed by atoms with E-state index in [0.29, 0.717) is 0 Å². The molecular weight excluding hydrogens is 268 g/mol. The average Bonchev–Trinajstić information content (AvgIpc) is 2.33. The van der Waals surface area contributed by atoms with Crippen LogP contribution in [0.3, 0.4) is 0 Å². The fourth-order valence-corrected chi connectivity index (χ4v) is 1.86. The third-order valence-corrected chi connectivity index (χ3v) is 2.61. The molecule has 1 unspecified atom stereocenters. The van der Waals surface area contributed by atoms with E-state index in [9.17, 15) is 13.6 Å². The summed E-state index contributed by atoms with van der Waals surface area (Å²) in [5, 5.41) is 3.02. The van der Waals surface area contributed by atoms with E-state index in [-0.39, 0.29) is 18.4 Å². The molecule has 1 aromatic carbocycles. The fraction of sp³-hybridized carbons (Fsp3) is 0.500. The zero-order chi connectivity index (χ0) is 15.3. The predicted molar refractivity (Wildman–Crippen MR) is 70.5 cm³/mol. The van der Waals surface area contributed by atoms with Crippen LogP contribution in [0.15, 0.2) is 18.2 Å². The van der Waals surface area contributed by atoms with Gasteiger partial charge in [0.2, 0.25) is 0 Å². The number of methoxy groups -OCH3 is 1. The number of esters is 1. The van der Waals surface area contributed by atoms with Crippen molar-refractivity contribution in [2.24, 2.45) is 0 Å². The molecule has 1 atom stereocenters. The van der Waals surface area contributed by atoms with Crippen molar-refractivity contribution in [1.29, 1.82) is 0 Å². The molecule has 1 rings (SSSR count). The molecule has 0 spiro atoms. The van der Waals surface area contributed by atoms with Gasteiger partial charge in [-0.3, -0.25) is 5.32 Å². The normalized spacial score (nSPS) is 13.9. The molecule has 1 N–H and O–H groups in total. The van der Waals surface area contributed by atoms with Gasteiger partial charge in [-0.1, -0.05) is 0 Å². The Morgan fingerprint density at radius 1 is 1.30 bits per heavy atom. The minimum Gasteiger partial charge on any atom is -0.491 e. The number of hydrogen-bond acceptors (Lipinski definition) is 4. The highest BCUT2D eigenvalue weighted by molar-refractivity contribution is 5.80. The Balaban J connectivity index is 2.83. The second-order valence-electron chi connectivity index (χ2n) is 5.02. The first-order chi connectivity index (χ1) is 9.26. The topological polar surface area (TPSA) is 47.6 Å². The van der Waals surface area contributed by atoms with Crippen molar-refractivity contribution in [3.8, 4) is 5.75 Å². The van der Waals surface area contributed by atoms with Crippen molar-refractivity contribution >= 4 is 5.97 Å². The summed E-state index contributed by atoms with van der Waals surface area (Å²) in [5.74, 6) is -1.97. The highest BCUT2D eigenvalue weighted by Crippen LogP contribution is 2.18. The Bertz CT molecular complexity index is 459. The van der Waals surface area contributed by atoms with Gasteiger partial charge >= 0.3 is 5.97 Å². The average molecular weight is 287 g/mol. The van der Waals surface area contributed by atoms with E-state index < -0.39 is 23.1 Å². The second kappa shape index (κ2) is 6.65. The Kier molecular flexibility index (Phi) is 5.44. The molecule has 6 heteroatoms. The number of benzene rings is 1. The Morgan fingerprint density at radius 3 is 2.30 bits per heavy atom. The zero-order valence-corrected chi connectivity index (χ0v) is 12.0. The quantitative estimate of drug-likeness (QED) is 0.815. The van der Waals surface area contributed by atoms with Crippen LogP contribution in [-0.4, -0.2) is 31.3 Å². The SMILES string of the molecule is COC(=O)C(C)(COc1cc(F)cc(F)c1)NC(C)C. The first kappa shape index (κ1) is 16.4. The molecule has 4 nitrogen and oxygen atoms in total. The summed E-state index contributed by atoms with van der Waals surface area (Å²) in [6.45, 7) is 5.22. The Labute approximate surface area is 117 Å². The van der Waals surface area contributed by atoms with E-state index in [1.54, 1.807) is 6.92 Å². The number of nitrogens with one attached hydrogen (secondary N) is 1. The molecule has 0 saturated heterocycles. The van der Waals surface area contributed by atoms with E-state index in [2.05, 4.69) is 5.32 Å². The van der Waals surface area contributed by atoms with E-state index >= 15 is 0 Å². The zero-order valence-electron chi connectivity index (χ0n) is 12.0. The molecule has 0 aliphatic rings. The molecule has 112 valence electrons. The molecule has 0 aliphatic heterocycles. The van der Waals surface area contributed by atoms with Crippen LogP contribution in [0, 0.1) is 11.6 Å². The van der Waals surface area contributed by atoms with E-state index in [0.717, 1.165) is 18.2 Å². The van der Waals surface area contributed by atoms with Crippen LogP contribution in [0.1, 0.15) is 20.8 Å². The summed E-state index contributed by atoms with van der Waals surface area (Å²) in [4.78, 5) is 11.8. The molecule has 0 aliphatic carbocycles. The largest absolute Gasteiger partial charge is 0.491 e. The van der Waals surface area contributed by atoms with Crippen LogP contribution in [0.2, 0.25) is 0 Å². The molecule has 0 aromatic heterocycles. The molecular formula is C14H19F2NO3. The molecule has 0 saturated carbocycles. The Morgan fingerprint density at radius 2 is 1.85 bits per heavy atom. The number of hydrogen-bond donors (Lipinski definition) is 1.